The van der Waals surface area contributed by atoms with Crippen LogP contribution in [0.4, 0.5) is 10.5 Å². The number of carbonyl (C=O) groups excluding carboxylic acids is 2. The van der Waals surface area contributed by atoms with Crippen LogP contribution < -0.4 is 40.0 Å². The summed E-state index contributed by atoms with van der Waals surface area (Å²) in [6.45, 7) is 2.49. The summed E-state index contributed by atoms with van der Waals surface area (Å²) in [6.07, 6.45) is 5.97. The van der Waals surface area contributed by atoms with E-state index in [9.17, 15) is 19.8 Å². The number of amides is 1. The molecule has 0 unspecified atom stereocenters. The van der Waals surface area contributed by atoms with Crippen LogP contribution in [0.1, 0.15) is 55.8 Å². The van der Waals surface area contributed by atoms with Gasteiger partial charge in [-0.05, 0) is 18.6 Å². The van der Waals surface area contributed by atoms with Crippen molar-refractivity contribution in [1.82, 2.24) is 0 Å². The molecule has 0 saturated carbocycles. The van der Waals surface area contributed by atoms with Crippen molar-refractivity contribution >= 4 is 17.7 Å². The van der Waals surface area contributed by atoms with E-state index >= 15 is 0 Å². The van der Waals surface area contributed by atoms with E-state index in [1.165, 1.54) is 25.3 Å². The van der Waals surface area contributed by atoms with E-state index in [1.54, 1.807) is 0 Å². The summed E-state index contributed by atoms with van der Waals surface area (Å²) in [7, 11) is 0. The zero-order valence-corrected chi connectivity index (χ0v) is 15.8. The van der Waals surface area contributed by atoms with Crippen molar-refractivity contribution in [2.75, 3.05) is 11.9 Å². The van der Waals surface area contributed by atoms with Gasteiger partial charge in [0.05, 0.1) is 12.6 Å². The molecular formula is C16H22NNaO5. The molecule has 0 aromatic heterocycles. The number of carboxylic acids is 1. The molecule has 0 spiro atoms. The smallest absolute Gasteiger partial charge is 0.545 e. The summed E-state index contributed by atoms with van der Waals surface area (Å²) in [4.78, 5) is 22.2. The van der Waals surface area contributed by atoms with Gasteiger partial charge in [-0.1, -0.05) is 39.0 Å². The third-order valence-corrected chi connectivity index (χ3v) is 3.20. The molecule has 0 atom stereocenters. The number of unbranched alkanes of at least 4 members (excludes halogenated alkanes) is 5. The van der Waals surface area contributed by atoms with Crippen LogP contribution in [0.15, 0.2) is 18.2 Å². The van der Waals surface area contributed by atoms with Gasteiger partial charge in [0.2, 0.25) is 0 Å². The van der Waals surface area contributed by atoms with Gasteiger partial charge in [0.1, 0.15) is 5.75 Å². The van der Waals surface area contributed by atoms with Crippen molar-refractivity contribution in [1.29, 1.82) is 0 Å². The second-order valence-electron chi connectivity index (χ2n) is 5.05. The van der Waals surface area contributed by atoms with E-state index in [0.29, 0.717) is 6.61 Å². The van der Waals surface area contributed by atoms with Crippen LogP contribution in [-0.2, 0) is 4.74 Å². The van der Waals surface area contributed by atoms with E-state index in [-0.39, 0.29) is 40.8 Å². The fourth-order valence-corrected chi connectivity index (χ4v) is 1.98. The summed E-state index contributed by atoms with van der Waals surface area (Å²) in [5, 5.41) is 22.5. The molecule has 0 saturated heterocycles. The SMILES string of the molecule is CCCCCCCCOC(=O)Nc1ccc(C(=O)[O-])c(O)c1.[Na+]. The van der Waals surface area contributed by atoms with E-state index in [4.69, 9.17) is 4.74 Å². The number of phenols is 1. The number of rotatable bonds is 9. The van der Waals surface area contributed by atoms with Gasteiger partial charge >= 0.3 is 35.7 Å². The van der Waals surface area contributed by atoms with Crippen LogP contribution in [0.2, 0.25) is 0 Å². The number of aromatic hydroxyl groups is 1. The summed E-state index contributed by atoms with van der Waals surface area (Å²) >= 11 is 0. The number of hydrogen-bond donors (Lipinski definition) is 2. The standard InChI is InChI=1S/C16H23NO5.Na/c1-2-3-4-5-6-7-10-22-16(21)17-12-8-9-13(15(19)20)14(18)11-12;/h8-9,11,18H,2-7,10H2,1H3,(H,17,21)(H,19,20);/q;+1/p-1. The van der Waals surface area contributed by atoms with Gasteiger partial charge < -0.3 is 19.7 Å². The normalized spacial score (nSPS) is 9.78. The first-order valence-electron chi connectivity index (χ1n) is 7.52. The maximum atomic E-state index is 11.5. The number of benzene rings is 1. The van der Waals surface area contributed by atoms with Crippen LogP contribution in [0.25, 0.3) is 0 Å². The first-order chi connectivity index (χ1) is 10.5. The van der Waals surface area contributed by atoms with Crippen LogP contribution in [0, 0.1) is 0 Å². The zero-order chi connectivity index (χ0) is 16.4. The zero-order valence-electron chi connectivity index (χ0n) is 13.8. The first kappa shape index (κ1) is 21.8. The second kappa shape index (κ2) is 12.2. The van der Waals surface area contributed by atoms with E-state index in [2.05, 4.69) is 12.2 Å². The van der Waals surface area contributed by atoms with Crippen LogP contribution in [0.3, 0.4) is 0 Å². The Morgan fingerprint density at radius 3 is 2.43 bits per heavy atom. The third kappa shape index (κ3) is 8.83. The number of aromatic carboxylic acids is 1. The van der Waals surface area contributed by atoms with E-state index in [1.807, 2.05) is 0 Å². The maximum absolute atomic E-state index is 11.5. The number of carboxylic acid groups (broad SMARTS) is 1. The largest absolute Gasteiger partial charge is 1.00 e. The maximum Gasteiger partial charge on any atom is 1.00 e. The molecular weight excluding hydrogens is 309 g/mol. The van der Waals surface area contributed by atoms with Gasteiger partial charge in [0.15, 0.2) is 0 Å². The van der Waals surface area contributed by atoms with Crippen molar-refractivity contribution in [3.05, 3.63) is 23.8 Å². The monoisotopic (exact) mass is 331 g/mol. The van der Waals surface area contributed by atoms with Gasteiger partial charge in [0.25, 0.3) is 0 Å². The molecule has 1 rings (SSSR count). The predicted molar refractivity (Wildman–Crippen MR) is 80.8 cm³/mol. The Morgan fingerprint density at radius 1 is 1.17 bits per heavy atom. The topological polar surface area (TPSA) is 98.7 Å². The number of anilines is 1. The minimum Gasteiger partial charge on any atom is -0.545 e. The number of carbonyl (C=O) groups is 2. The molecule has 1 amide bonds. The molecule has 6 nitrogen and oxygen atoms in total. The number of ether oxygens (including phenoxy) is 1. The molecule has 122 valence electrons. The Hall–Kier alpha value is -1.24. The molecule has 1 aromatic carbocycles. The Kier molecular flexibility index (Phi) is 11.6. The van der Waals surface area contributed by atoms with Gasteiger partial charge in [0, 0.05) is 17.3 Å². The molecule has 23 heavy (non-hydrogen) atoms. The van der Waals surface area contributed by atoms with Gasteiger partial charge in [-0.25, -0.2) is 4.79 Å². The molecule has 2 N–H and O–H groups in total. The molecule has 0 fully saturated rings. The summed E-state index contributed by atoms with van der Waals surface area (Å²) in [5.74, 6) is -1.94. The molecule has 0 aliphatic heterocycles. The summed E-state index contributed by atoms with van der Waals surface area (Å²) in [5.41, 5.74) is -0.0681. The Labute approximate surface area is 158 Å². The van der Waals surface area contributed by atoms with E-state index in [0.717, 1.165) is 31.4 Å². The Morgan fingerprint density at radius 2 is 1.83 bits per heavy atom. The fraction of sp³-hybridized carbons (Fsp3) is 0.500. The molecule has 1 aromatic rings. The minimum atomic E-state index is -1.48. The molecule has 0 aliphatic rings. The Bertz CT molecular complexity index is 507. The quantitative estimate of drug-likeness (QED) is 0.477. The fourth-order valence-electron chi connectivity index (χ4n) is 1.98. The number of hydrogen-bond acceptors (Lipinski definition) is 5. The molecule has 0 radical (unpaired) electrons. The molecule has 0 aliphatic carbocycles. The summed E-state index contributed by atoms with van der Waals surface area (Å²) < 4.78 is 5.01. The Balaban J connectivity index is 0.00000484. The minimum absolute atomic E-state index is 0. The number of nitrogens with one attached hydrogen (secondary N) is 1. The summed E-state index contributed by atoms with van der Waals surface area (Å²) in [6, 6.07) is 3.65. The van der Waals surface area contributed by atoms with Crippen molar-refractivity contribution in [2.45, 2.75) is 45.4 Å². The molecule has 7 heteroatoms. The predicted octanol–water partition coefficient (Wildman–Crippen LogP) is -0.331. The first-order valence-corrected chi connectivity index (χ1v) is 7.52. The molecule has 0 heterocycles. The molecule has 0 bridgehead atoms. The van der Waals surface area contributed by atoms with Crippen molar-refractivity contribution in [3.63, 3.8) is 0 Å². The van der Waals surface area contributed by atoms with Crippen molar-refractivity contribution < 1.29 is 54.1 Å². The van der Waals surface area contributed by atoms with Crippen LogP contribution in [0.5, 0.6) is 5.75 Å². The van der Waals surface area contributed by atoms with Crippen LogP contribution >= 0.6 is 0 Å². The second-order valence-corrected chi connectivity index (χ2v) is 5.05. The van der Waals surface area contributed by atoms with Gasteiger partial charge in [-0.3, -0.25) is 5.32 Å². The van der Waals surface area contributed by atoms with Gasteiger partial charge in [-0.15, -0.1) is 0 Å². The third-order valence-electron chi connectivity index (χ3n) is 3.20. The van der Waals surface area contributed by atoms with Crippen LogP contribution in [-0.4, -0.2) is 23.8 Å². The van der Waals surface area contributed by atoms with Crippen molar-refractivity contribution in [2.24, 2.45) is 0 Å². The average molecular weight is 331 g/mol. The van der Waals surface area contributed by atoms with Crippen molar-refractivity contribution in [3.8, 4) is 5.75 Å². The van der Waals surface area contributed by atoms with Gasteiger partial charge in [-0.2, -0.15) is 0 Å². The van der Waals surface area contributed by atoms with E-state index < -0.39 is 17.8 Å². The average Bonchev–Trinajstić information content (AvgIpc) is 2.46.